The topological polar surface area (TPSA) is 100.0 Å². The first-order chi connectivity index (χ1) is 11.5. The Bertz CT molecular complexity index is 890. The number of nitrogen functional groups attached to an aromatic ring is 1. The van der Waals surface area contributed by atoms with Crippen LogP contribution in [0.15, 0.2) is 41.2 Å². The SMILES string of the molecule is CC1(C)CC(c2nc(-c3cc(N)ncn3)no2)c2ccccc2O1. The van der Waals surface area contributed by atoms with E-state index in [0.717, 1.165) is 17.7 Å². The minimum Gasteiger partial charge on any atom is -0.488 e. The van der Waals surface area contributed by atoms with E-state index in [9.17, 15) is 0 Å². The molecule has 1 aromatic carbocycles. The zero-order valence-corrected chi connectivity index (χ0v) is 13.4. The number of fused-ring (bicyclic) bond motifs is 1. The summed E-state index contributed by atoms with van der Waals surface area (Å²) in [6, 6.07) is 9.56. The number of para-hydroxylation sites is 1. The molecular weight excluding hydrogens is 306 g/mol. The molecule has 122 valence electrons. The molecule has 1 aliphatic heterocycles. The smallest absolute Gasteiger partial charge is 0.234 e. The van der Waals surface area contributed by atoms with Crippen molar-refractivity contribution in [3.8, 4) is 17.3 Å². The number of nitrogens with two attached hydrogens (primary N) is 1. The van der Waals surface area contributed by atoms with E-state index in [1.54, 1.807) is 6.07 Å². The van der Waals surface area contributed by atoms with Crippen LogP contribution in [-0.4, -0.2) is 25.7 Å². The van der Waals surface area contributed by atoms with Crippen LogP contribution in [0.25, 0.3) is 11.5 Å². The molecule has 0 saturated heterocycles. The molecule has 0 aliphatic carbocycles. The number of hydrogen-bond donors (Lipinski definition) is 1. The van der Waals surface area contributed by atoms with Gasteiger partial charge in [0, 0.05) is 18.1 Å². The van der Waals surface area contributed by atoms with Crippen molar-refractivity contribution in [2.45, 2.75) is 31.8 Å². The van der Waals surface area contributed by atoms with Gasteiger partial charge in [-0.2, -0.15) is 4.98 Å². The van der Waals surface area contributed by atoms with E-state index in [-0.39, 0.29) is 11.5 Å². The highest BCUT2D eigenvalue weighted by Gasteiger charge is 2.37. The van der Waals surface area contributed by atoms with Gasteiger partial charge in [0.25, 0.3) is 0 Å². The maximum Gasteiger partial charge on any atom is 0.234 e. The third-order valence-electron chi connectivity index (χ3n) is 4.03. The third-order valence-corrected chi connectivity index (χ3v) is 4.03. The maximum absolute atomic E-state index is 6.05. The summed E-state index contributed by atoms with van der Waals surface area (Å²) in [6.07, 6.45) is 2.13. The quantitative estimate of drug-likeness (QED) is 0.774. The number of hydrogen-bond acceptors (Lipinski definition) is 7. The Labute approximate surface area is 138 Å². The average molecular weight is 323 g/mol. The van der Waals surface area contributed by atoms with E-state index in [1.807, 2.05) is 24.3 Å². The van der Waals surface area contributed by atoms with E-state index >= 15 is 0 Å². The lowest BCUT2D eigenvalue weighted by molar-refractivity contribution is 0.0725. The van der Waals surface area contributed by atoms with Crippen molar-refractivity contribution < 1.29 is 9.26 Å². The molecule has 0 spiro atoms. The van der Waals surface area contributed by atoms with Crippen LogP contribution in [0.1, 0.15) is 37.6 Å². The van der Waals surface area contributed by atoms with Gasteiger partial charge < -0.3 is 15.0 Å². The van der Waals surface area contributed by atoms with Gasteiger partial charge >= 0.3 is 0 Å². The molecular formula is C17H17N5O2. The zero-order chi connectivity index (χ0) is 16.7. The van der Waals surface area contributed by atoms with Crippen molar-refractivity contribution in [3.63, 3.8) is 0 Å². The molecule has 4 rings (SSSR count). The van der Waals surface area contributed by atoms with Crippen LogP contribution in [0.5, 0.6) is 5.75 Å². The van der Waals surface area contributed by atoms with Gasteiger partial charge in [-0.25, -0.2) is 9.97 Å². The average Bonchev–Trinajstić information content (AvgIpc) is 3.03. The van der Waals surface area contributed by atoms with Crippen molar-refractivity contribution in [2.75, 3.05) is 5.73 Å². The van der Waals surface area contributed by atoms with Gasteiger partial charge in [-0.05, 0) is 19.9 Å². The highest BCUT2D eigenvalue weighted by molar-refractivity contribution is 5.52. The summed E-state index contributed by atoms with van der Waals surface area (Å²) in [5, 5.41) is 4.05. The fraction of sp³-hybridized carbons (Fsp3) is 0.294. The molecule has 0 saturated carbocycles. The van der Waals surface area contributed by atoms with Gasteiger partial charge in [-0.3, -0.25) is 0 Å². The Kier molecular flexibility index (Phi) is 3.23. The molecule has 3 heterocycles. The molecule has 7 nitrogen and oxygen atoms in total. The summed E-state index contributed by atoms with van der Waals surface area (Å²) >= 11 is 0. The summed E-state index contributed by atoms with van der Waals surface area (Å²) < 4.78 is 11.6. The van der Waals surface area contributed by atoms with Crippen LogP contribution >= 0.6 is 0 Å². The molecule has 1 aliphatic rings. The normalized spacial score (nSPS) is 18.7. The van der Waals surface area contributed by atoms with Gasteiger partial charge in [0.1, 0.15) is 29.2 Å². The van der Waals surface area contributed by atoms with Crippen LogP contribution in [0.2, 0.25) is 0 Å². The predicted octanol–water partition coefficient (Wildman–Crippen LogP) is 2.80. The summed E-state index contributed by atoms with van der Waals surface area (Å²) in [5.74, 6) is 2.14. The van der Waals surface area contributed by atoms with Crippen LogP contribution in [0.3, 0.4) is 0 Å². The predicted molar refractivity (Wildman–Crippen MR) is 87.3 cm³/mol. The second-order valence-corrected chi connectivity index (χ2v) is 6.44. The Morgan fingerprint density at radius 1 is 1.21 bits per heavy atom. The van der Waals surface area contributed by atoms with Crippen LogP contribution in [0.4, 0.5) is 5.82 Å². The summed E-state index contributed by atoms with van der Waals surface area (Å²) in [4.78, 5) is 12.5. The molecule has 0 bridgehead atoms. The number of nitrogens with zero attached hydrogens (tertiary/aromatic N) is 4. The minimum absolute atomic E-state index is 0.0228. The molecule has 2 N–H and O–H groups in total. The molecule has 0 fully saturated rings. The first-order valence-corrected chi connectivity index (χ1v) is 7.71. The molecule has 24 heavy (non-hydrogen) atoms. The second kappa shape index (κ2) is 5.30. The Hall–Kier alpha value is -2.96. The molecule has 0 radical (unpaired) electrons. The number of rotatable bonds is 2. The molecule has 0 amide bonds. The summed E-state index contributed by atoms with van der Waals surface area (Å²) in [6.45, 7) is 4.11. The van der Waals surface area contributed by atoms with Gasteiger partial charge in [0.05, 0.1) is 5.92 Å². The fourth-order valence-electron chi connectivity index (χ4n) is 3.00. The van der Waals surface area contributed by atoms with Crippen molar-refractivity contribution in [1.82, 2.24) is 20.1 Å². The van der Waals surface area contributed by atoms with E-state index in [1.165, 1.54) is 6.33 Å². The van der Waals surface area contributed by atoms with Crippen molar-refractivity contribution in [2.24, 2.45) is 0 Å². The highest BCUT2D eigenvalue weighted by atomic mass is 16.5. The second-order valence-electron chi connectivity index (χ2n) is 6.44. The molecule has 1 atom stereocenters. The van der Waals surface area contributed by atoms with Crippen molar-refractivity contribution in [3.05, 3.63) is 48.1 Å². The Morgan fingerprint density at radius 3 is 2.88 bits per heavy atom. The fourth-order valence-corrected chi connectivity index (χ4v) is 3.00. The monoisotopic (exact) mass is 323 g/mol. The van der Waals surface area contributed by atoms with E-state index < -0.39 is 0 Å². The Balaban J connectivity index is 1.74. The lowest BCUT2D eigenvalue weighted by Gasteiger charge is -2.36. The third kappa shape index (κ3) is 2.58. The van der Waals surface area contributed by atoms with Gasteiger partial charge in [0.2, 0.25) is 11.7 Å². The Morgan fingerprint density at radius 2 is 2.04 bits per heavy atom. The standard InChI is InChI=1S/C17H17N5O2/c1-17(2)8-11(10-5-3-4-6-13(10)23-17)16-21-15(22-24-16)12-7-14(18)20-9-19-12/h3-7,9,11H,8H2,1-2H3,(H2,18,19,20). The zero-order valence-electron chi connectivity index (χ0n) is 13.4. The first-order valence-electron chi connectivity index (χ1n) is 7.71. The van der Waals surface area contributed by atoms with Crippen molar-refractivity contribution >= 4 is 5.82 Å². The maximum atomic E-state index is 6.05. The highest BCUT2D eigenvalue weighted by Crippen LogP contribution is 2.43. The van der Waals surface area contributed by atoms with Gasteiger partial charge in [-0.1, -0.05) is 23.4 Å². The van der Waals surface area contributed by atoms with Crippen molar-refractivity contribution in [1.29, 1.82) is 0 Å². The molecule has 7 heteroatoms. The lowest BCUT2D eigenvalue weighted by atomic mass is 9.84. The van der Waals surface area contributed by atoms with E-state index in [0.29, 0.717) is 23.2 Å². The van der Waals surface area contributed by atoms with Crippen LogP contribution < -0.4 is 10.5 Å². The largest absolute Gasteiger partial charge is 0.488 e. The number of benzene rings is 1. The molecule has 3 aromatic rings. The lowest BCUT2D eigenvalue weighted by Crippen LogP contribution is -2.35. The number of ether oxygens (including phenoxy) is 1. The summed E-state index contributed by atoms with van der Waals surface area (Å²) in [7, 11) is 0. The summed E-state index contributed by atoms with van der Waals surface area (Å²) in [5.41, 5.74) is 6.97. The van der Waals surface area contributed by atoms with Gasteiger partial charge in [0.15, 0.2) is 0 Å². The minimum atomic E-state index is -0.313. The first kappa shape index (κ1) is 14.6. The van der Waals surface area contributed by atoms with Crippen LogP contribution in [-0.2, 0) is 0 Å². The van der Waals surface area contributed by atoms with E-state index in [4.69, 9.17) is 15.0 Å². The number of aromatic nitrogens is 4. The van der Waals surface area contributed by atoms with Crippen LogP contribution in [0, 0.1) is 0 Å². The molecule has 1 unspecified atom stereocenters. The molecule has 2 aromatic heterocycles. The van der Waals surface area contributed by atoms with Gasteiger partial charge in [-0.15, -0.1) is 0 Å². The number of anilines is 1. The van der Waals surface area contributed by atoms with E-state index in [2.05, 4.69) is 34.0 Å².